The number of aromatic nitrogens is 2. The molecule has 0 fully saturated rings. The van der Waals surface area contributed by atoms with Crippen LogP contribution < -0.4 is 0 Å². The molecule has 0 aliphatic carbocycles. The summed E-state index contributed by atoms with van der Waals surface area (Å²) in [7, 11) is 3.49. The molecule has 0 aliphatic rings. The molecule has 1 heterocycles. The molecule has 0 saturated carbocycles. The highest BCUT2D eigenvalue weighted by atomic mass is 16.4. The summed E-state index contributed by atoms with van der Waals surface area (Å²) in [4.78, 5) is 16.8. The van der Waals surface area contributed by atoms with Gasteiger partial charge in [-0.2, -0.15) is 0 Å². The Morgan fingerprint density at radius 2 is 2.13 bits per heavy atom. The molecule has 0 amide bonds. The van der Waals surface area contributed by atoms with Crippen LogP contribution in [0.2, 0.25) is 0 Å². The minimum atomic E-state index is -0.859. The number of hydrogen-bond donors (Lipinski definition) is 1. The lowest BCUT2D eigenvalue weighted by Gasteiger charge is -2.22. The van der Waals surface area contributed by atoms with E-state index < -0.39 is 12.0 Å². The number of rotatable bonds is 4. The van der Waals surface area contributed by atoms with Gasteiger partial charge in [0.15, 0.2) is 0 Å². The lowest BCUT2D eigenvalue weighted by molar-refractivity contribution is -0.142. The number of likely N-dealkylation sites (N-methyl/N-ethyl adjacent to an activating group) is 1. The van der Waals surface area contributed by atoms with Crippen molar-refractivity contribution in [2.24, 2.45) is 0 Å². The SMILES string of the molecule is CC(C)n1cncc1C(C(=O)O)N(C)C. The van der Waals surface area contributed by atoms with Crippen LogP contribution in [0.15, 0.2) is 12.5 Å². The summed E-state index contributed by atoms with van der Waals surface area (Å²) in [5.41, 5.74) is 0.711. The molecule has 1 unspecified atom stereocenters. The summed E-state index contributed by atoms with van der Waals surface area (Å²) in [5.74, 6) is -0.859. The molecule has 84 valence electrons. The van der Waals surface area contributed by atoms with E-state index in [4.69, 9.17) is 5.11 Å². The molecule has 0 aromatic carbocycles. The molecule has 0 radical (unpaired) electrons. The Kier molecular flexibility index (Phi) is 3.47. The van der Waals surface area contributed by atoms with E-state index in [0.717, 1.165) is 0 Å². The van der Waals surface area contributed by atoms with E-state index in [2.05, 4.69) is 4.98 Å². The number of carboxylic acid groups (broad SMARTS) is 1. The van der Waals surface area contributed by atoms with Crippen molar-refractivity contribution in [3.8, 4) is 0 Å². The lowest BCUT2D eigenvalue weighted by Crippen LogP contribution is -2.29. The van der Waals surface area contributed by atoms with Crippen molar-refractivity contribution in [2.45, 2.75) is 25.9 Å². The second kappa shape index (κ2) is 4.44. The molecular formula is C10H17N3O2. The molecule has 1 rings (SSSR count). The average Bonchev–Trinajstić information content (AvgIpc) is 2.51. The van der Waals surface area contributed by atoms with E-state index >= 15 is 0 Å². The van der Waals surface area contributed by atoms with Crippen LogP contribution >= 0.6 is 0 Å². The molecule has 1 N–H and O–H groups in total. The maximum Gasteiger partial charge on any atom is 0.327 e. The van der Waals surface area contributed by atoms with Crippen LogP contribution in [0.5, 0.6) is 0 Å². The Morgan fingerprint density at radius 1 is 1.53 bits per heavy atom. The van der Waals surface area contributed by atoms with E-state index in [9.17, 15) is 4.79 Å². The fourth-order valence-electron chi connectivity index (χ4n) is 1.57. The monoisotopic (exact) mass is 211 g/mol. The maximum atomic E-state index is 11.1. The van der Waals surface area contributed by atoms with Crippen molar-refractivity contribution in [1.29, 1.82) is 0 Å². The van der Waals surface area contributed by atoms with Gasteiger partial charge in [0, 0.05) is 6.04 Å². The first-order chi connectivity index (χ1) is 6.95. The fourth-order valence-corrected chi connectivity index (χ4v) is 1.57. The summed E-state index contributed by atoms with van der Waals surface area (Å²) in [6.45, 7) is 4.00. The smallest absolute Gasteiger partial charge is 0.327 e. The van der Waals surface area contributed by atoms with E-state index in [0.29, 0.717) is 5.69 Å². The first-order valence-electron chi connectivity index (χ1n) is 4.86. The topological polar surface area (TPSA) is 58.4 Å². The molecule has 1 atom stereocenters. The average molecular weight is 211 g/mol. The van der Waals surface area contributed by atoms with Crippen LogP contribution in [0.3, 0.4) is 0 Å². The third-order valence-electron chi connectivity index (χ3n) is 2.28. The number of carbonyl (C=O) groups is 1. The van der Waals surface area contributed by atoms with Gasteiger partial charge in [-0.3, -0.25) is 9.69 Å². The van der Waals surface area contributed by atoms with E-state index in [-0.39, 0.29) is 6.04 Å². The highest BCUT2D eigenvalue weighted by Crippen LogP contribution is 2.21. The quantitative estimate of drug-likeness (QED) is 0.811. The predicted octanol–water partition coefficient (Wildman–Crippen LogP) is 1.15. The Hall–Kier alpha value is -1.36. The zero-order valence-electron chi connectivity index (χ0n) is 9.51. The van der Waals surface area contributed by atoms with Crippen LogP contribution in [0.25, 0.3) is 0 Å². The zero-order chi connectivity index (χ0) is 11.6. The highest BCUT2D eigenvalue weighted by molar-refractivity contribution is 5.74. The minimum absolute atomic E-state index is 0.212. The van der Waals surface area contributed by atoms with Crippen LogP contribution in [-0.2, 0) is 4.79 Å². The Morgan fingerprint density at radius 3 is 2.53 bits per heavy atom. The predicted molar refractivity (Wildman–Crippen MR) is 56.7 cm³/mol. The largest absolute Gasteiger partial charge is 0.480 e. The first kappa shape index (κ1) is 11.7. The molecule has 0 bridgehead atoms. The maximum absolute atomic E-state index is 11.1. The normalized spacial score (nSPS) is 13.5. The van der Waals surface area contributed by atoms with Crippen LogP contribution in [0.1, 0.15) is 31.6 Å². The van der Waals surface area contributed by atoms with Gasteiger partial charge in [-0.25, -0.2) is 4.98 Å². The van der Waals surface area contributed by atoms with Gasteiger partial charge in [0.1, 0.15) is 6.04 Å². The number of nitrogens with zero attached hydrogens (tertiary/aromatic N) is 3. The zero-order valence-corrected chi connectivity index (χ0v) is 9.51. The van der Waals surface area contributed by atoms with E-state index in [1.54, 1.807) is 31.5 Å². The summed E-state index contributed by atoms with van der Waals surface area (Å²) >= 11 is 0. The molecule has 1 aromatic rings. The highest BCUT2D eigenvalue weighted by Gasteiger charge is 2.26. The second-order valence-electron chi connectivity index (χ2n) is 4.02. The van der Waals surface area contributed by atoms with Gasteiger partial charge < -0.3 is 9.67 Å². The standard InChI is InChI=1S/C10H17N3O2/c1-7(2)13-6-11-5-8(13)9(10(14)15)12(3)4/h5-7,9H,1-4H3,(H,14,15). The van der Waals surface area contributed by atoms with Gasteiger partial charge in [0.2, 0.25) is 0 Å². The lowest BCUT2D eigenvalue weighted by atomic mass is 10.2. The van der Waals surface area contributed by atoms with Crippen molar-refractivity contribution in [2.75, 3.05) is 14.1 Å². The van der Waals surface area contributed by atoms with E-state index in [1.807, 2.05) is 18.4 Å². The number of carboxylic acids is 1. The van der Waals surface area contributed by atoms with Crippen molar-refractivity contribution >= 4 is 5.97 Å². The third-order valence-corrected chi connectivity index (χ3v) is 2.28. The molecular weight excluding hydrogens is 194 g/mol. The summed E-state index contributed by atoms with van der Waals surface area (Å²) in [6, 6.07) is -0.431. The van der Waals surface area contributed by atoms with Crippen LogP contribution in [-0.4, -0.2) is 39.6 Å². The van der Waals surface area contributed by atoms with Gasteiger partial charge >= 0.3 is 5.97 Å². The van der Waals surface area contributed by atoms with Gasteiger partial charge in [0.05, 0.1) is 18.2 Å². The van der Waals surface area contributed by atoms with Gasteiger partial charge in [-0.05, 0) is 27.9 Å². The van der Waals surface area contributed by atoms with E-state index in [1.165, 1.54) is 0 Å². The Balaban J connectivity index is 3.11. The van der Waals surface area contributed by atoms with Crippen molar-refractivity contribution in [3.63, 3.8) is 0 Å². The Labute approximate surface area is 89.3 Å². The van der Waals surface area contributed by atoms with Crippen molar-refractivity contribution < 1.29 is 9.90 Å². The molecule has 15 heavy (non-hydrogen) atoms. The second-order valence-corrected chi connectivity index (χ2v) is 4.02. The van der Waals surface area contributed by atoms with Gasteiger partial charge in [-0.15, -0.1) is 0 Å². The summed E-state index contributed by atoms with van der Waals surface area (Å²) in [5, 5.41) is 9.14. The first-order valence-corrected chi connectivity index (χ1v) is 4.86. The number of hydrogen-bond acceptors (Lipinski definition) is 3. The van der Waals surface area contributed by atoms with Crippen molar-refractivity contribution in [1.82, 2.24) is 14.5 Å². The minimum Gasteiger partial charge on any atom is -0.480 e. The van der Waals surface area contributed by atoms with Gasteiger partial charge in [-0.1, -0.05) is 0 Å². The molecule has 0 spiro atoms. The molecule has 5 heteroatoms. The number of imidazole rings is 1. The molecule has 5 nitrogen and oxygen atoms in total. The van der Waals surface area contributed by atoms with Crippen LogP contribution in [0, 0.1) is 0 Å². The third kappa shape index (κ3) is 2.36. The van der Waals surface area contributed by atoms with Crippen molar-refractivity contribution in [3.05, 3.63) is 18.2 Å². The summed E-state index contributed by atoms with van der Waals surface area (Å²) < 4.78 is 1.87. The fraction of sp³-hybridized carbons (Fsp3) is 0.600. The van der Waals surface area contributed by atoms with Gasteiger partial charge in [0.25, 0.3) is 0 Å². The Bertz CT molecular complexity index is 344. The molecule has 0 saturated heterocycles. The number of aliphatic carboxylic acids is 1. The summed E-state index contributed by atoms with van der Waals surface area (Å²) in [6.07, 6.45) is 3.28. The molecule has 0 aliphatic heterocycles. The van der Waals surface area contributed by atoms with Crippen LogP contribution in [0.4, 0.5) is 0 Å². The molecule has 1 aromatic heterocycles.